The second-order valence-corrected chi connectivity index (χ2v) is 8.20. The second-order valence-electron chi connectivity index (χ2n) is 8.20. The Morgan fingerprint density at radius 3 is 2.21 bits per heavy atom. The molecule has 0 heterocycles. The first-order valence-electron chi connectivity index (χ1n) is 11.7. The topological polar surface area (TPSA) is 66.8 Å². The molecular weight excluding hydrogens is 364 g/mol. The number of rotatable bonds is 19. The number of unbranched alkanes of at least 4 members (excludes halogenated alkanes) is 7. The number of hydrogen-bond acceptors (Lipinski definition) is 3. The second kappa shape index (κ2) is 17.5. The van der Waals surface area contributed by atoms with Crippen molar-refractivity contribution in [3.8, 4) is 0 Å². The van der Waals surface area contributed by atoms with Gasteiger partial charge in [-0.3, -0.25) is 4.79 Å². The fraction of sp³-hybridized carbons (Fsp3) is 0.720. The van der Waals surface area contributed by atoms with E-state index in [4.69, 9.17) is 9.84 Å². The van der Waals surface area contributed by atoms with Gasteiger partial charge in [0.1, 0.15) is 0 Å². The molecule has 0 aliphatic carbocycles. The van der Waals surface area contributed by atoms with Gasteiger partial charge in [0.15, 0.2) is 0 Å². The molecule has 2 atom stereocenters. The summed E-state index contributed by atoms with van der Waals surface area (Å²) >= 11 is 0. The van der Waals surface area contributed by atoms with Gasteiger partial charge in [-0.25, -0.2) is 0 Å². The molecule has 1 aromatic carbocycles. The first-order valence-corrected chi connectivity index (χ1v) is 11.7. The Bertz CT molecular complexity index is 503. The molecule has 0 saturated carbocycles. The van der Waals surface area contributed by atoms with E-state index in [9.17, 15) is 9.90 Å². The van der Waals surface area contributed by atoms with E-state index >= 15 is 0 Å². The van der Waals surface area contributed by atoms with Gasteiger partial charge < -0.3 is 14.9 Å². The number of aliphatic hydroxyl groups is 1. The lowest BCUT2D eigenvalue weighted by molar-refractivity contribution is -0.137. The Hall–Kier alpha value is -1.39. The molecule has 0 radical (unpaired) electrons. The predicted molar refractivity (Wildman–Crippen MR) is 119 cm³/mol. The van der Waals surface area contributed by atoms with E-state index in [0.29, 0.717) is 13.0 Å². The van der Waals surface area contributed by atoms with Crippen LogP contribution < -0.4 is 0 Å². The molecule has 4 nitrogen and oxygen atoms in total. The zero-order valence-corrected chi connectivity index (χ0v) is 18.4. The van der Waals surface area contributed by atoms with Crippen molar-refractivity contribution < 1.29 is 19.7 Å². The smallest absolute Gasteiger partial charge is 0.303 e. The summed E-state index contributed by atoms with van der Waals surface area (Å²) in [6.45, 7) is 2.80. The first-order chi connectivity index (χ1) is 14.1. The summed E-state index contributed by atoms with van der Waals surface area (Å²) in [4.78, 5) is 10.7. The number of hydrogen-bond donors (Lipinski definition) is 2. The molecule has 0 bridgehead atoms. The third-order valence-corrected chi connectivity index (χ3v) is 5.46. The number of aliphatic carboxylic acids is 1. The normalized spacial score (nSPS) is 13.3. The van der Waals surface area contributed by atoms with Gasteiger partial charge in [-0.15, -0.1) is 0 Å². The zero-order chi connectivity index (χ0) is 21.2. The average Bonchev–Trinajstić information content (AvgIpc) is 2.72. The van der Waals surface area contributed by atoms with E-state index in [1.165, 1.54) is 38.5 Å². The lowest BCUT2D eigenvalue weighted by Gasteiger charge is -2.20. The Morgan fingerprint density at radius 1 is 0.862 bits per heavy atom. The monoisotopic (exact) mass is 406 g/mol. The molecule has 0 spiro atoms. The van der Waals surface area contributed by atoms with Crippen LogP contribution in [0, 0.1) is 0 Å². The fourth-order valence-corrected chi connectivity index (χ4v) is 3.61. The van der Waals surface area contributed by atoms with Crippen molar-refractivity contribution in [2.75, 3.05) is 0 Å². The quantitative estimate of drug-likeness (QED) is 0.257. The lowest BCUT2D eigenvalue weighted by Crippen LogP contribution is -2.17. The minimum absolute atomic E-state index is 0.0766. The first kappa shape index (κ1) is 25.6. The van der Waals surface area contributed by atoms with Crippen molar-refractivity contribution in [1.82, 2.24) is 0 Å². The van der Waals surface area contributed by atoms with E-state index in [-0.39, 0.29) is 18.6 Å². The molecule has 4 heteroatoms. The molecule has 1 aromatic rings. The van der Waals surface area contributed by atoms with Crippen LogP contribution in [-0.2, 0) is 16.1 Å². The molecule has 0 fully saturated rings. The molecule has 29 heavy (non-hydrogen) atoms. The molecule has 0 aliphatic rings. The van der Waals surface area contributed by atoms with Gasteiger partial charge in [-0.1, -0.05) is 88.6 Å². The fourth-order valence-electron chi connectivity index (χ4n) is 3.61. The van der Waals surface area contributed by atoms with E-state index in [2.05, 4.69) is 19.1 Å². The largest absolute Gasteiger partial charge is 0.481 e. The van der Waals surface area contributed by atoms with Crippen molar-refractivity contribution in [3.63, 3.8) is 0 Å². The number of ether oxygens (including phenoxy) is 1. The number of carboxylic acid groups (broad SMARTS) is 1. The zero-order valence-electron chi connectivity index (χ0n) is 18.4. The molecule has 2 unspecified atom stereocenters. The van der Waals surface area contributed by atoms with E-state index in [0.717, 1.165) is 44.1 Å². The van der Waals surface area contributed by atoms with Gasteiger partial charge in [0.25, 0.3) is 0 Å². The van der Waals surface area contributed by atoms with Gasteiger partial charge >= 0.3 is 5.97 Å². The lowest BCUT2D eigenvalue weighted by atomic mass is 10.00. The number of aliphatic hydroxyl groups excluding tert-OH is 1. The summed E-state index contributed by atoms with van der Waals surface area (Å²) in [7, 11) is 0. The Labute approximate surface area is 177 Å². The van der Waals surface area contributed by atoms with Crippen LogP contribution >= 0.6 is 0 Å². The number of carboxylic acids is 1. The molecule has 0 aromatic heterocycles. The highest BCUT2D eigenvalue weighted by Gasteiger charge is 2.13. The van der Waals surface area contributed by atoms with Gasteiger partial charge in [0, 0.05) is 6.42 Å². The highest BCUT2D eigenvalue weighted by molar-refractivity contribution is 5.66. The number of benzene rings is 1. The van der Waals surface area contributed by atoms with Crippen LogP contribution in [0.15, 0.2) is 30.3 Å². The summed E-state index contributed by atoms with van der Waals surface area (Å²) in [5, 5.41) is 19.1. The molecule has 166 valence electrons. The minimum Gasteiger partial charge on any atom is -0.481 e. The van der Waals surface area contributed by atoms with Crippen LogP contribution in [0.2, 0.25) is 0 Å². The maximum absolute atomic E-state index is 10.7. The summed E-state index contributed by atoms with van der Waals surface area (Å²) in [6.07, 6.45) is 13.7. The van der Waals surface area contributed by atoms with Crippen molar-refractivity contribution >= 4 is 5.97 Å². The summed E-state index contributed by atoms with van der Waals surface area (Å²) < 4.78 is 6.11. The summed E-state index contributed by atoms with van der Waals surface area (Å²) in [5.74, 6) is -0.739. The SMILES string of the molecule is CCCCCCCCCC(O)CCC(CCCCC(=O)O)OCc1ccccc1. The molecule has 0 aliphatic heterocycles. The Morgan fingerprint density at radius 2 is 1.52 bits per heavy atom. The summed E-state index contributed by atoms with van der Waals surface area (Å²) in [6, 6.07) is 10.1. The van der Waals surface area contributed by atoms with E-state index in [1.807, 2.05) is 18.2 Å². The molecule has 0 amide bonds. The van der Waals surface area contributed by atoms with Crippen molar-refractivity contribution in [3.05, 3.63) is 35.9 Å². The van der Waals surface area contributed by atoms with E-state index in [1.54, 1.807) is 0 Å². The van der Waals surface area contributed by atoms with Crippen LogP contribution in [0.1, 0.15) is 102 Å². The van der Waals surface area contributed by atoms with Crippen molar-refractivity contribution in [2.24, 2.45) is 0 Å². The van der Waals surface area contributed by atoms with Crippen molar-refractivity contribution in [2.45, 2.75) is 116 Å². The Kier molecular flexibility index (Phi) is 15.4. The predicted octanol–water partition coefficient (Wildman–Crippen LogP) is 6.50. The maximum Gasteiger partial charge on any atom is 0.303 e. The van der Waals surface area contributed by atoms with Crippen LogP contribution in [0.3, 0.4) is 0 Å². The summed E-state index contributed by atoms with van der Waals surface area (Å²) in [5.41, 5.74) is 1.15. The van der Waals surface area contributed by atoms with Crippen LogP contribution in [0.5, 0.6) is 0 Å². The number of carbonyl (C=O) groups is 1. The van der Waals surface area contributed by atoms with Crippen LogP contribution in [0.4, 0.5) is 0 Å². The Balaban J connectivity index is 2.26. The molecule has 0 saturated heterocycles. The molecule has 2 N–H and O–H groups in total. The average molecular weight is 407 g/mol. The van der Waals surface area contributed by atoms with Crippen molar-refractivity contribution in [1.29, 1.82) is 0 Å². The highest BCUT2D eigenvalue weighted by Crippen LogP contribution is 2.18. The van der Waals surface area contributed by atoms with Crippen LogP contribution in [0.25, 0.3) is 0 Å². The molecule has 1 rings (SSSR count). The van der Waals surface area contributed by atoms with Gasteiger partial charge in [-0.2, -0.15) is 0 Å². The van der Waals surface area contributed by atoms with Gasteiger partial charge in [0.05, 0.1) is 18.8 Å². The van der Waals surface area contributed by atoms with Gasteiger partial charge in [-0.05, 0) is 37.7 Å². The third-order valence-electron chi connectivity index (χ3n) is 5.46. The third kappa shape index (κ3) is 15.2. The van der Waals surface area contributed by atoms with Gasteiger partial charge in [0.2, 0.25) is 0 Å². The standard InChI is InChI=1S/C25H42O4/c1-2-3-4-5-6-7-11-16-23(26)19-20-24(17-12-13-18-25(27)28)29-21-22-14-9-8-10-15-22/h8-10,14-15,23-24,26H,2-7,11-13,16-21H2,1H3,(H,27,28). The van der Waals surface area contributed by atoms with E-state index < -0.39 is 5.97 Å². The molecular formula is C25H42O4. The highest BCUT2D eigenvalue weighted by atomic mass is 16.5. The minimum atomic E-state index is -0.739. The maximum atomic E-state index is 10.7. The van der Waals surface area contributed by atoms with Crippen LogP contribution in [-0.4, -0.2) is 28.4 Å².